The second kappa shape index (κ2) is 4.70. The third-order valence-electron chi connectivity index (χ3n) is 2.79. The normalized spacial score (nSPS) is 16.7. The monoisotopic (exact) mass is 322 g/mol. The molecular formula is C10H15BrN2O3S. The first-order valence-corrected chi connectivity index (χ1v) is 8.05. The molecule has 0 amide bonds. The predicted molar refractivity (Wildman–Crippen MR) is 66.7 cm³/mol. The Kier molecular flexibility index (Phi) is 3.61. The number of aromatic nitrogens is 1. The highest BCUT2D eigenvalue weighted by Crippen LogP contribution is 2.33. The van der Waals surface area contributed by atoms with Crippen molar-refractivity contribution in [2.45, 2.75) is 37.6 Å². The van der Waals surface area contributed by atoms with Crippen molar-refractivity contribution < 1.29 is 12.9 Å². The Hall–Kier alpha value is -0.400. The van der Waals surface area contributed by atoms with Gasteiger partial charge in [-0.2, -0.15) is 4.31 Å². The van der Waals surface area contributed by atoms with E-state index in [1.165, 1.54) is 0 Å². The standard InChI is InChI=1S/C10H15BrN2O3S/c1-7-10(8(2)16-12-7)17(14,15)13(6-5-11)9-3-4-9/h9H,3-6H2,1-2H3. The minimum atomic E-state index is -3.47. The van der Waals surface area contributed by atoms with Gasteiger partial charge >= 0.3 is 0 Å². The van der Waals surface area contributed by atoms with Crippen LogP contribution in [0.25, 0.3) is 0 Å². The number of rotatable bonds is 5. The summed E-state index contributed by atoms with van der Waals surface area (Å²) in [5, 5.41) is 4.34. The van der Waals surface area contributed by atoms with Crippen molar-refractivity contribution in [3.8, 4) is 0 Å². The lowest BCUT2D eigenvalue weighted by atomic mass is 10.4. The molecule has 0 aliphatic heterocycles. The molecule has 7 heteroatoms. The van der Waals surface area contributed by atoms with E-state index in [1.54, 1.807) is 18.2 Å². The Morgan fingerprint density at radius 1 is 1.47 bits per heavy atom. The van der Waals surface area contributed by atoms with Crippen molar-refractivity contribution in [2.24, 2.45) is 0 Å². The van der Waals surface area contributed by atoms with Crippen LogP contribution < -0.4 is 0 Å². The van der Waals surface area contributed by atoms with Gasteiger partial charge in [0.2, 0.25) is 10.0 Å². The molecule has 1 aliphatic rings. The largest absolute Gasteiger partial charge is 0.360 e. The Bertz CT molecular complexity index is 488. The van der Waals surface area contributed by atoms with Crippen molar-refractivity contribution in [1.29, 1.82) is 0 Å². The number of nitrogens with zero attached hydrogens (tertiary/aromatic N) is 2. The maximum absolute atomic E-state index is 12.5. The molecule has 5 nitrogen and oxygen atoms in total. The van der Waals surface area contributed by atoms with Gasteiger partial charge < -0.3 is 4.52 Å². The summed E-state index contributed by atoms with van der Waals surface area (Å²) in [6.07, 6.45) is 1.88. The van der Waals surface area contributed by atoms with Crippen LogP contribution in [0.3, 0.4) is 0 Å². The molecule has 96 valence electrons. The second-order valence-corrected chi connectivity index (χ2v) is 6.81. The van der Waals surface area contributed by atoms with Crippen LogP contribution in [0.1, 0.15) is 24.3 Å². The van der Waals surface area contributed by atoms with E-state index in [2.05, 4.69) is 21.1 Å². The molecule has 0 spiro atoms. The summed E-state index contributed by atoms with van der Waals surface area (Å²) in [6, 6.07) is 0.145. The van der Waals surface area contributed by atoms with Gasteiger partial charge in [0.15, 0.2) is 5.76 Å². The van der Waals surface area contributed by atoms with Gasteiger partial charge in [0.1, 0.15) is 10.6 Å². The molecule has 0 atom stereocenters. The molecule has 2 rings (SSSR count). The van der Waals surface area contributed by atoms with E-state index in [4.69, 9.17) is 4.52 Å². The van der Waals surface area contributed by atoms with E-state index in [0.29, 0.717) is 23.3 Å². The van der Waals surface area contributed by atoms with E-state index in [-0.39, 0.29) is 10.9 Å². The van der Waals surface area contributed by atoms with Crippen molar-refractivity contribution in [3.63, 3.8) is 0 Å². The molecule has 0 bridgehead atoms. The summed E-state index contributed by atoms with van der Waals surface area (Å²) in [5.41, 5.74) is 0.433. The zero-order valence-electron chi connectivity index (χ0n) is 9.81. The van der Waals surface area contributed by atoms with Gasteiger partial charge in [0.05, 0.1) is 0 Å². The first kappa shape index (κ1) is 13.0. The second-order valence-electron chi connectivity index (χ2n) is 4.19. The molecule has 0 radical (unpaired) electrons. The van der Waals surface area contributed by atoms with E-state index in [1.807, 2.05) is 0 Å². The van der Waals surface area contributed by atoms with Crippen molar-refractivity contribution >= 4 is 26.0 Å². The van der Waals surface area contributed by atoms with E-state index in [0.717, 1.165) is 12.8 Å². The number of hydrogen-bond acceptors (Lipinski definition) is 4. The number of halogens is 1. The summed E-state index contributed by atoms with van der Waals surface area (Å²) in [6.45, 7) is 3.77. The van der Waals surface area contributed by atoms with Crippen molar-refractivity contribution in [1.82, 2.24) is 9.46 Å². The maximum Gasteiger partial charge on any atom is 0.248 e. The Labute approximate surface area is 109 Å². The molecule has 1 saturated carbocycles. The van der Waals surface area contributed by atoms with Crippen molar-refractivity contribution in [3.05, 3.63) is 11.5 Å². The zero-order chi connectivity index (χ0) is 12.6. The first-order chi connectivity index (χ1) is 7.98. The van der Waals surface area contributed by atoms with Crippen LogP contribution in [0.2, 0.25) is 0 Å². The maximum atomic E-state index is 12.5. The van der Waals surface area contributed by atoms with Gasteiger partial charge in [-0.15, -0.1) is 0 Å². The number of sulfonamides is 1. The molecule has 0 N–H and O–H groups in total. The van der Waals surface area contributed by atoms with Crippen LogP contribution in [0.15, 0.2) is 9.42 Å². The molecule has 1 aromatic rings. The molecule has 0 saturated heterocycles. The van der Waals surface area contributed by atoms with E-state index < -0.39 is 10.0 Å². The average molecular weight is 323 g/mol. The van der Waals surface area contributed by atoms with Crippen LogP contribution in [-0.4, -0.2) is 35.8 Å². The zero-order valence-corrected chi connectivity index (χ0v) is 12.2. The van der Waals surface area contributed by atoms with Gasteiger partial charge in [-0.05, 0) is 26.7 Å². The van der Waals surface area contributed by atoms with Crippen LogP contribution in [0.4, 0.5) is 0 Å². The van der Waals surface area contributed by atoms with Gasteiger partial charge in [0, 0.05) is 17.9 Å². The van der Waals surface area contributed by atoms with E-state index >= 15 is 0 Å². The van der Waals surface area contributed by atoms with Crippen LogP contribution in [0, 0.1) is 13.8 Å². The minimum Gasteiger partial charge on any atom is -0.360 e. The fourth-order valence-corrected chi connectivity index (χ4v) is 4.50. The Balaban J connectivity index is 2.40. The van der Waals surface area contributed by atoms with Crippen LogP contribution >= 0.6 is 15.9 Å². The molecule has 0 unspecified atom stereocenters. The average Bonchev–Trinajstić information content (AvgIpc) is 3.01. The fraction of sp³-hybridized carbons (Fsp3) is 0.700. The van der Waals surface area contributed by atoms with Crippen LogP contribution in [0.5, 0.6) is 0 Å². The highest BCUT2D eigenvalue weighted by molar-refractivity contribution is 9.09. The van der Waals surface area contributed by atoms with Gasteiger partial charge in [0.25, 0.3) is 0 Å². The van der Waals surface area contributed by atoms with Gasteiger partial charge in [-0.25, -0.2) is 8.42 Å². The SMILES string of the molecule is Cc1noc(C)c1S(=O)(=O)N(CCBr)C1CC1. The van der Waals surface area contributed by atoms with Gasteiger partial charge in [-0.1, -0.05) is 21.1 Å². The molecule has 0 aromatic carbocycles. The summed E-state index contributed by atoms with van der Waals surface area (Å²) < 4.78 is 31.5. The summed E-state index contributed by atoms with van der Waals surface area (Å²) >= 11 is 3.29. The Morgan fingerprint density at radius 2 is 2.12 bits per heavy atom. The summed E-state index contributed by atoms with van der Waals surface area (Å²) in [7, 11) is -3.47. The molecule has 1 heterocycles. The van der Waals surface area contributed by atoms with Crippen LogP contribution in [-0.2, 0) is 10.0 Å². The quantitative estimate of drug-likeness (QED) is 0.776. The number of aryl methyl sites for hydroxylation is 2. The molecule has 1 aromatic heterocycles. The Morgan fingerprint density at radius 3 is 2.53 bits per heavy atom. The smallest absolute Gasteiger partial charge is 0.248 e. The predicted octanol–water partition coefficient (Wildman–Crippen LogP) is 1.84. The lowest BCUT2D eigenvalue weighted by molar-refractivity contribution is 0.388. The van der Waals surface area contributed by atoms with Gasteiger partial charge in [-0.3, -0.25) is 0 Å². The fourth-order valence-electron chi connectivity index (χ4n) is 1.90. The summed E-state index contributed by atoms with van der Waals surface area (Å²) in [5.74, 6) is 0.364. The minimum absolute atomic E-state index is 0.145. The topological polar surface area (TPSA) is 63.4 Å². The number of alkyl halides is 1. The van der Waals surface area contributed by atoms with Crippen molar-refractivity contribution in [2.75, 3.05) is 11.9 Å². The molecule has 1 fully saturated rings. The lowest BCUT2D eigenvalue weighted by Crippen LogP contribution is -2.35. The van der Waals surface area contributed by atoms with E-state index in [9.17, 15) is 8.42 Å². The summed E-state index contributed by atoms with van der Waals surface area (Å²) in [4.78, 5) is 0.227. The molecular weight excluding hydrogens is 308 g/mol. The third kappa shape index (κ3) is 2.41. The lowest BCUT2D eigenvalue weighted by Gasteiger charge is -2.20. The third-order valence-corrected chi connectivity index (χ3v) is 5.35. The highest BCUT2D eigenvalue weighted by Gasteiger charge is 2.40. The molecule has 17 heavy (non-hydrogen) atoms. The molecule has 1 aliphatic carbocycles. The highest BCUT2D eigenvalue weighted by atomic mass is 79.9. The first-order valence-electron chi connectivity index (χ1n) is 5.49. The number of hydrogen-bond donors (Lipinski definition) is 0.